The van der Waals surface area contributed by atoms with E-state index in [1.165, 1.54) is 5.57 Å². The largest absolute Gasteiger partial charge is 0.493 e. The van der Waals surface area contributed by atoms with Crippen LogP contribution < -0.4 is 0 Å². The van der Waals surface area contributed by atoms with Crippen molar-refractivity contribution in [3.8, 4) is 0 Å². The Morgan fingerprint density at radius 1 is 1.42 bits per heavy atom. The molecule has 0 aromatic carbocycles. The van der Waals surface area contributed by atoms with E-state index in [0.29, 0.717) is 0 Å². The molecule has 0 bridgehead atoms. The highest BCUT2D eigenvalue weighted by molar-refractivity contribution is 5.23. The maximum absolute atomic E-state index is 5.31. The molecule has 0 aromatic heterocycles. The van der Waals surface area contributed by atoms with Crippen molar-refractivity contribution in [3.63, 3.8) is 0 Å². The van der Waals surface area contributed by atoms with E-state index in [1.807, 2.05) is 26.0 Å². The van der Waals surface area contributed by atoms with Crippen LogP contribution in [-0.4, -0.2) is 6.61 Å². The lowest BCUT2D eigenvalue weighted by Gasteiger charge is -1.94. The van der Waals surface area contributed by atoms with Crippen molar-refractivity contribution < 1.29 is 4.74 Å². The van der Waals surface area contributed by atoms with Gasteiger partial charge in [-0.2, -0.15) is 0 Å². The quantitative estimate of drug-likeness (QED) is 0.571. The fraction of sp³-hybridized carbons (Fsp3) is 0.455. The summed E-state index contributed by atoms with van der Waals surface area (Å²) in [6, 6.07) is 0. The van der Waals surface area contributed by atoms with E-state index in [0.717, 1.165) is 18.8 Å². The van der Waals surface area contributed by atoms with Crippen LogP contribution in [0.4, 0.5) is 0 Å². The second-order valence-electron chi connectivity index (χ2n) is 2.34. The summed E-state index contributed by atoms with van der Waals surface area (Å²) in [5.74, 6) is 1.01. The fourth-order valence-corrected chi connectivity index (χ4v) is 0.906. The zero-order valence-electron chi connectivity index (χ0n) is 8.26. The molecule has 0 unspecified atom stereocenters. The van der Waals surface area contributed by atoms with E-state index in [1.54, 1.807) is 6.08 Å². The smallest absolute Gasteiger partial charge is 0.118 e. The van der Waals surface area contributed by atoms with Crippen LogP contribution in [0.2, 0.25) is 0 Å². The van der Waals surface area contributed by atoms with E-state index in [-0.39, 0.29) is 0 Å². The molecule has 0 amide bonds. The van der Waals surface area contributed by atoms with Crippen molar-refractivity contribution in [2.45, 2.75) is 27.2 Å². The van der Waals surface area contributed by atoms with Gasteiger partial charge in [0.1, 0.15) is 5.76 Å². The van der Waals surface area contributed by atoms with Gasteiger partial charge in [0.05, 0.1) is 6.61 Å². The first-order valence-electron chi connectivity index (χ1n) is 4.46. The van der Waals surface area contributed by atoms with Crippen LogP contribution in [0.5, 0.6) is 0 Å². The highest BCUT2D eigenvalue weighted by Gasteiger charge is 2.07. The van der Waals surface area contributed by atoms with Crippen molar-refractivity contribution in [1.82, 2.24) is 0 Å². The van der Waals surface area contributed by atoms with Gasteiger partial charge in [0.15, 0.2) is 0 Å². The Kier molecular flexibility index (Phi) is 6.16. The summed E-state index contributed by atoms with van der Waals surface area (Å²) in [7, 11) is 0. The minimum Gasteiger partial charge on any atom is -0.493 e. The van der Waals surface area contributed by atoms with Crippen LogP contribution in [0.1, 0.15) is 27.2 Å². The monoisotopic (exact) mass is 166 g/mol. The van der Waals surface area contributed by atoms with Gasteiger partial charge < -0.3 is 4.74 Å². The van der Waals surface area contributed by atoms with Gasteiger partial charge in [-0.1, -0.05) is 32.6 Å². The Balaban J connectivity index is 0.000000561. The molecular formula is C11H18O. The molecule has 1 heteroatoms. The fourth-order valence-electron chi connectivity index (χ4n) is 0.906. The Morgan fingerprint density at radius 2 is 2.08 bits per heavy atom. The first kappa shape index (κ1) is 11.0. The standard InChI is InChI=1S/C9H12O.C2H6/c1-3-4-5-9-8(2)6-7-10-9;1-2/h3-5H,1,6-7H2,2H3;1-2H3/b5-4-;. The summed E-state index contributed by atoms with van der Waals surface area (Å²) in [6.45, 7) is 10.5. The minimum atomic E-state index is 0.836. The number of hydrogen-bond donors (Lipinski definition) is 0. The molecule has 12 heavy (non-hydrogen) atoms. The molecule has 0 saturated carbocycles. The highest BCUT2D eigenvalue weighted by Crippen LogP contribution is 2.18. The summed E-state index contributed by atoms with van der Waals surface area (Å²) in [6.07, 6.45) is 6.66. The van der Waals surface area contributed by atoms with Gasteiger partial charge in [-0.3, -0.25) is 0 Å². The summed E-state index contributed by atoms with van der Waals surface area (Å²) in [4.78, 5) is 0. The van der Waals surface area contributed by atoms with Crippen molar-refractivity contribution in [1.29, 1.82) is 0 Å². The summed E-state index contributed by atoms with van der Waals surface area (Å²) in [5, 5.41) is 0. The van der Waals surface area contributed by atoms with Crippen LogP contribution in [0.3, 0.4) is 0 Å². The van der Waals surface area contributed by atoms with Crippen LogP contribution in [-0.2, 0) is 4.74 Å². The predicted molar refractivity (Wildman–Crippen MR) is 54.0 cm³/mol. The first-order valence-corrected chi connectivity index (χ1v) is 4.46. The number of hydrogen-bond acceptors (Lipinski definition) is 1. The average molecular weight is 166 g/mol. The molecule has 0 N–H and O–H groups in total. The van der Waals surface area contributed by atoms with Crippen LogP contribution >= 0.6 is 0 Å². The molecule has 0 atom stereocenters. The molecule has 68 valence electrons. The third-order valence-electron chi connectivity index (χ3n) is 1.54. The highest BCUT2D eigenvalue weighted by atomic mass is 16.5. The zero-order chi connectivity index (χ0) is 9.40. The molecule has 0 aromatic rings. The molecule has 1 nitrogen and oxygen atoms in total. The zero-order valence-corrected chi connectivity index (χ0v) is 8.26. The van der Waals surface area contributed by atoms with Gasteiger partial charge in [0, 0.05) is 6.42 Å². The Hall–Kier alpha value is -0.980. The maximum Gasteiger partial charge on any atom is 0.118 e. The van der Waals surface area contributed by atoms with Crippen LogP contribution in [0.15, 0.2) is 36.1 Å². The Morgan fingerprint density at radius 3 is 2.50 bits per heavy atom. The Bertz CT molecular complexity index is 187. The molecule has 1 aliphatic rings. The SMILES string of the molecule is C=C/C=C\C1=C(C)CCO1.CC. The van der Waals surface area contributed by atoms with Crippen molar-refractivity contribution in [2.24, 2.45) is 0 Å². The van der Waals surface area contributed by atoms with E-state index in [4.69, 9.17) is 4.74 Å². The lowest BCUT2D eigenvalue weighted by atomic mass is 10.2. The minimum absolute atomic E-state index is 0.836. The first-order chi connectivity index (χ1) is 5.84. The van der Waals surface area contributed by atoms with Crippen molar-refractivity contribution >= 4 is 0 Å². The van der Waals surface area contributed by atoms with E-state index in [2.05, 4.69) is 13.5 Å². The average Bonchev–Trinajstić information content (AvgIpc) is 2.51. The summed E-state index contributed by atoms with van der Waals surface area (Å²) >= 11 is 0. The van der Waals surface area contributed by atoms with Crippen LogP contribution in [0, 0.1) is 0 Å². The van der Waals surface area contributed by atoms with Gasteiger partial charge in [0.2, 0.25) is 0 Å². The van der Waals surface area contributed by atoms with Crippen molar-refractivity contribution in [2.75, 3.05) is 6.61 Å². The van der Waals surface area contributed by atoms with E-state index < -0.39 is 0 Å². The predicted octanol–water partition coefficient (Wildman–Crippen LogP) is 3.45. The molecule has 0 aliphatic carbocycles. The van der Waals surface area contributed by atoms with Crippen molar-refractivity contribution in [3.05, 3.63) is 36.1 Å². The second-order valence-corrected chi connectivity index (χ2v) is 2.34. The van der Waals surface area contributed by atoms with Gasteiger partial charge in [0.25, 0.3) is 0 Å². The lowest BCUT2D eigenvalue weighted by Crippen LogP contribution is -1.79. The molecule has 0 radical (unpaired) electrons. The normalized spacial score (nSPS) is 15.6. The Labute approximate surface area is 75.4 Å². The lowest BCUT2D eigenvalue weighted by molar-refractivity contribution is 0.257. The third-order valence-corrected chi connectivity index (χ3v) is 1.54. The molecule has 1 rings (SSSR count). The van der Waals surface area contributed by atoms with Gasteiger partial charge in [-0.25, -0.2) is 0 Å². The number of allylic oxidation sites excluding steroid dienone is 3. The maximum atomic E-state index is 5.31. The van der Waals surface area contributed by atoms with Gasteiger partial charge in [-0.15, -0.1) is 0 Å². The summed E-state index contributed by atoms with van der Waals surface area (Å²) in [5.41, 5.74) is 1.33. The molecule has 0 saturated heterocycles. The van der Waals surface area contributed by atoms with E-state index >= 15 is 0 Å². The molecule has 0 fully saturated rings. The van der Waals surface area contributed by atoms with Gasteiger partial charge >= 0.3 is 0 Å². The number of ether oxygens (including phenoxy) is 1. The molecular weight excluding hydrogens is 148 g/mol. The molecule has 0 spiro atoms. The summed E-state index contributed by atoms with van der Waals surface area (Å²) < 4.78 is 5.31. The van der Waals surface area contributed by atoms with Crippen LogP contribution in [0.25, 0.3) is 0 Å². The number of rotatable bonds is 2. The van der Waals surface area contributed by atoms with E-state index in [9.17, 15) is 0 Å². The molecule has 1 aliphatic heterocycles. The molecule has 1 heterocycles. The second kappa shape index (κ2) is 6.71. The third kappa shape index (κ3) is 3.42. The topological polar surface area (TPSA) is 9.23 Å². The van der Waals surface area contributed by atoms with Gasteiger partial charge in [-0.05, 0) is 18.6 Å².